The fraction of sp³-hybridized carbons (Fsp3) is 0.321. The second-order valence-electron chi connectivity index (χ2n) is 8.45. The predicted octanol–water partition coefficient (Wildman–Crippen LogP) is 5.26. The first-order valence-electron chi connectivity index (χ1n) is 13.1. The molecule has 0 aromatic heterocycles. The number of phenolic OH excluding ortho intramolecular Hbond substituents is 1. The summed E-state index contributed by atoms with van der Waals surface area (Å²) in [5.74, 6) is 0.310. The van der Waals surface area contributed by atoms with Gasteiger partial charge in [0.2, 0.25) is 5.91 Å². The van der Waals surface area contributed by atoms with Crippen LogP contribution in [0.1, 0.15) is 58.8 Å². The third kappa shape index (κ3) is 4.22. The summed E-state index contributed by atoms with van der Waals surface area (Å²) in [4.78, 5) is 13.0. The molecule has 4 nitrogen and oxygen atoms in total. The number of nitrogens with zero attached hydrogens (tertiary/aromatic N) is 1. The molecule has 3 aromatic carbocycles. The molecule has 3 aromatic rings. The first-order chi connectivity index (χ1) is 17.2. The van der Waals surface area contributed by atoms with Gasteiger partial charge < -0.3 is 14.7 Å². The van der Waals surface area contributed by atoms with Gasteiger partial charge in [0.05, 0.1) is 12.0 Å². The average molecular weight is 432 g/mol. The molecule has 1 saturated heterocycles. The van der Waals surface area contributed by atoms with Crippen LogP contribution < -0.4 is 4.74 Å². The fourth-order valence-corrected chi connectivity index (χ4v) is 4.92. The maximum atomic E-state index is 12.1. The van der Waals surface area contributed by atoms with E-state index in [2.05, 4.69) is 12.1 Å². The number of carbonyl (C=O) groups is 1. The van der Waals surface area contributed by atoms with Crippen LogP contribution in [0.3, 0.4) is 0 Å². The zero-order valence-corrected chi connectivity index (χ0v) is 17.8. The molecule has 0 bridgehead atoms. The number of aryl methyl sites for hydroxylation is 1. The number of amides is 1. The van der Waals surface area contributed by atoms with Gasteiger partial charge in [-0.1, -0.05) is 48.5 Å². The number of benzene rings is 3. The first kappa shape index (κ1) is 16.4. The van der Waals surface area contributed by atoms with Gasteiger partial charge in [-0.2, -0.15) is 0 Å². The summed E-state index contributed by atoms with van der Waals surface area (Å²) in [5, 5.41) is 10.0. The van der Waals surface area contributed by atoms with E-state index >= 15 is 0 Å². The number of hydrogen-bond acceptors (Lipinski definition) is 3. The molecule has 164 valence electrons. The highest BCUT2D eigenvalue weighted by Gasteiger charge is 2.32. The fourth-order valence-electron chi connectivity index (χ4n) is 4.92. The topological polar surface area (TPSA) is 49.8 Å². The Balaban J connectivity index is 1.44. The highest BCUT2D eigenvalue weighted by atomic mass is 16.5. The van der Waals surface area contributed by atoms with Crippen molar-refractivity contribution in [3.63, 3.8) is 0 Å². The summed E-state index contributed by atoms with van der Waals surface area (Å²) in [6.45, 7) is -5.15. The van der Waals surface area contributed by atoms with Crippen molar-refractivity contribution in [2.75, 3.05) is 19.6 Å². The molecule has 0 spiro atoms. The standard InChI is InChI=1S/C28H29NO3/c30-23-11-15-26-22(19-23)10-14-25(20-5-2-1-3-6-20)28(26)21-8-12-24(13-9-21)32-18-17-29-16-4-7-27(29)31/h1-3,5-6,8-9,11-13,15,19,25,28,30H,4,7,10,14,16-18H2/t25-,28+/m0/s1/i17D2,18D2. The molecule has 2 aliphatic rings. The molecule has 32 heavy (non-hydrogen) atoms. The van der Waals surface area contributed by atoms with Crippen LogP contribution in [-0.2, 0) is 11.2 Å². The van der Waals surface area contributed by atoms with E-state index in [9.17, 15) is 9.90 Å². The molecule has 1 N–H and O–H groups in total. The normalized spacial score (nSPS) is 23.0. The van der Waals surface area contributed by atoms with Gasteiger partial charge in [-0.25, -0.2) is 0 Å². The lowest BCUT2D eigenvalue weighted by atomic mass is 9.69. The molecule has 1 fully saturated rings. The molecule has 1 aliphatic carbocycles. The molecule has 4 heteroatoms. The summed E-state index contributed by atoms with van der Waals surface area (Å²) in [7, 11) is 0. The van der Waals surface area contributed by atoms with E-state index in [-0.39, 0.29) is 36.3 Å². The number of aromatic hydroxyl groups is 1. The number of carbonyl (C=O) groups excluding carboxylic acids is 1. The molecule has 5 rings (SSSR count). The second kappa shape index (κ2) is 9.07. The van der Waals surface area contributed by atoms with E-state index in [0.717, 1.165) is 34.4 Å². The van der Waals surface area contributed by atoms with Gasteiger partial charge in [0.25, 0.3) is 0 Å². The summed E-state index contributed by atoms with van der Waals surface area (Å²) in [5.41, 5.74) is 4.54. The molecule has 1 heterocycles. The van der Waals surface area contributed by atoms with E-state index < -0.39 is 19.0 Å². The van der Waals surface area contributed by atoms with Crippen LogP contribution >= 0.6 is 0 Å². The quantitative estimate of drug-likeness (QED) is 0.580. The highest BCUT2D eigenvalue weighted by Crippen LogP contribution is 2.47. The van der Waals surface area contributed by atoms with E-state index in [1.165, 1.54) is 5.56 Å². The highest BCUT2D eigenvalue weighted by molar-refractivity contribution is 5.78. The molecule has 0 saturated carbocycles. The van der Waals surface area contributed by atoms with E-state index in [0.29, 0.717) is 6.42 Å². The Morgan fingerprint density at radius 2 is 1.81 bits per heavy atom. The minimum Gasteiger partial charge on any atom is -0.508 e. The number of hydrogen-bond donors (Lipinski definition) is 1. The lowest BCUT2D eigenvalue weighted by Gasteiger charge is -2.35. The van der Waals surface area contributed by atoms with Crippen molar-refractivity contribution in [3.05, 3.63) is 95.1 Å². The van der Waals surface area contributed by atoms with Gasteiger partial charge in [-0.15, -0.1) is 0 Å². The van der Waals surface area contributed by atoms with Crippen LogP contribution in [0.4, 0.5) is 0 Å². The monoisotopic (exact) mass is 431 g/mol. The molecule has 0 radical (unpaired) electrons. The minimum atomic E-state index is -2.73. The van der Waals surface area contributed by atoms with Gasteiger partial charge in [-0.05, 0) is 71.7 Å². The van der Waals surface area contributed by atoms with Crippen LogP contribution in [0, 0.1) is 0 Å². The van der Waals surface area contributed by atoms with Crippen molar-refractivity contribution in [2.45, 2.75) is 37.5 Å². The van der Waals surface area contributed by atoms with Crippen molar-refractivity contribution in [1.82, 2.24) is 4.90 Å². The molecule has 2 atom stereocenters. The SMILES string of the molecule is [2H]C([2H])(Oc1ccc([C@H]2c3ccc(O)cc3CC[C@H]2c2ccccc2)cc1)C([2H])([2H])N1CCCC1=O. The van der Waals surface area contributed by atoms with Crippen molar-refractivity contribution in [1.29, 1.82) is 0 Å². The van der Waals surface area contributed by atoms with Crippen molar-refractivity contribution in [2.24, 2.45) is 0 Å². The summed E-state index contributed by atoms with van der Waals surface area (Å²) in [6, 6.07) is 23.0. The predicted molar refractivity (Wildman–Crippen MR) is 125 cm³/mol. The minimum absolute atomic E-state index is 0.0382. The number of fused-ring (bicyclic) bond motifs is 1. The van der Waals surface area contributed by atoms with Crippen LogP contribution in [0.5, 0.6) is 11.5 Å². The van der Waals surface area contributed by atoms with Crippen LogP contribution in [0.2, 0.25) is 0 Å². The molecule has 1 aliphatic heterocycles. The van der Waals surface area contributed by atoms with Gasteiger partial charge in [0.1, 0.15) is 18.1 Å². The van der Waals surface area contributed by atoms with Crippen molar-refractivity contribution < 1.29 is 20.1 Å². The Morgan fingerprint density at radius 3 is 2.56 bits per heavy atom. The number of likely N-dealkylation sites (tertiary alicyclic amines) is 1. The van der Waals surface area contributed by atoms with E-state index in [1.807, 2.05) is 42.5 Å². The second-order valence-corrected chi connectivity index (χ2v) is 8.45. The lowest BCUT2D eigenvalue weighted by Crippen LogP contribution is -2.29. The first-order valence-corrected chi connectivity index (χ1v) is 11.1. The zero-order valence-electron chi connectivity index (χ0n) is 21.8. The van der Waals surface area contributed by atoms with Crippen LogP contribution in [0.25, 0.3) is 0 Å². The van der Waals surface area contributed by atoms with Crippen LogP contribution in [-0.4, -0.2) is 35.5 Å². The molecular formula is C28H29NO3. The molecule has 0 unspecified atom stereocenters. The number of ether oxygens (including phenoxy) is 1. The number of rotatable bonds is 6. The Labute approximate surface area is 195 Å². The summed E-state index contributed by atoms with van der Waals surface area (Å²) < 4.78 is 38.6. The lowest BCUT2D eigenvalue weighted by molar-refractivity contribution is -0.128. The smallest absolute Gasteiger partial charge is 0.222 e. The van der Waals surface area contributed by atoms with Gasteiger partial charge >= 0.3 is 0 Å². The number of phenols is 1. The van der Waals surface area contributed by atoms with E-state index in [4.69, 9.17) is 10.2 Å². The van der Waals surface area contributed by atoms with E-state index in [1.54, 1.807) is 18.2 Å². The van der Waals surface area contributed by atoms with Crippen molar-refractivity contribution in [3.8, 4) is 11.5 Å². The molecular weight excluding hydrogens is 398 g/mol. The summed E-state index contributed by atoms with van der Waals surface area (Å²) >= 11 is 0. The Hall–Kier alpha value is -3.27. The maximum absolute atomic E-state index is 12.1. The zero-order chi connectivity index (χ0) is 25.5. The van der Waals surface area contributed by atoms with Gasteiger partial charge in [-0.3, -0.25) is 4.79 Å². The van der Waals surface area contributed by atoms with Crippen LogP contribution in [0.15, 0.2) is 72.8 Å². The third-order valence-electron chi connectivity index (χ3n) is 6.48. The van der Waals surface area contributed by atoms with Crippen molar-refractivity contribution >= 4 is 5.91 Å². The Bertz CT molecular complexity index is 1250. The average Bonchev–Trinajstić information content (AvgIpc) is 3.30. The van der Waals surface area contributed by atoms with Gasteiger partial charge in [0.15, 0.2) is 0 Å². The Kier molecular flexibility index (Phi) is 4.64. The Morgan fingerprint density at radius 1 is 1.00 bits per heavy atom. The largest absolute Gasteiger partial charge is 0.508 e. The third-order valence-corrected chi connectivity index (χ3v) is 6.48. The van der Waals surface area contributed by atoms with Gasteiger partial charge in [0, 0.05) is 18.9 Å². The molecule has 1 amide bonds. The maximum Gasteiger partial charge on any atom is 0.222 e. The summed E-state index contributed by atoms with van der Waals surface area (Å²) in [6.07, 6.45) is 2.52.